The molecule has 1 N–H and O–H groups in total. The Morgan fingerprint density at radius 2 is 1.68 bits per heavy atom. The van der Waals surface area contributed by atoms with Gasteiger partial charge in [-0.3, -0.25) is 9.36 Å². The molecule has 31 heavy (non-hydrogen) atoms. The second-order valence-corrected chi connectivity index (χ2v) is 8.38. The molecule has 0 saturated carbocycles. The fourth-order valence-corrected chi connectivity index (χ4v) is 4.13. The van der Waals surface area contributed by atoms with Crippen molar-refractivity contribution in [3.8, 4) is 5.69 Å². The van der Waals surface area contributed by atoms with E-state index in [4.69, 9.17) is 11.6 Å². The second kappa shape index (κ2) is 9.81. The van der Waals surface area contributed by atoms with Crippen LogP contribution >= 0.6 is 23.4 Å². The van der Waals surface area contributed by atoms with Gasteiger partial charge in [0, 0.05) is 5.02 Å². The van der Waals surface area contributed by atoms with Gasteiger partial charge in [0.25, 0.3) is 0 Å². The molecule has 0 saturated heterocycles. The minimum absolute atomic E-state index is 0.0841. The first kappa shape index (κ1) is 21.2. The number of nitrogens with zero attached hydrogens (tertiary/aromatic N) is 3. The molecule has 0 aliphatic heterocycles. The number of halogens is 1. The zero-order valence-corrected chi connectivity index (χ0v) is 18.5. The highest BCUT2D eigenvalue weighted by Gasteiger charge is 2.18. The van der Waals surface area contributed by atoms with Crippen molar-refractivity contribution in [2.24, 2.45) is 0 Å². The topological polar surface area (TPSA) is 59.8 Å². The number of thioether (sulfide) groups is 1. The minimum Gasteiger partial charge on any atom is -0.344 e. The lowest BCUT2D eigenvalue weighted by atomic mass is 9.99. The van der Waals surface area contributed by atoms with Gasteiger partial charge in [-0.1, -0.05) is 90.1 Å². The van der Waals surface area contributed by atoms with Gasteiger partial charge in [-0.2, -0.15) is 0 Å². The van der Waals surface area contributed by atoms with Crippen molar-refractivity contribution in [2.45, 2.75) is 18.1 Å². The van der Waals surface area contributed by atoms with Crippen LogP contribution < -0.4 is 5.32 Å². The van der Waals surface area contributed by atoms with Crippen molar-refractivity contribution in [1.29, 1.82) is 0 Å². The zero-order valence-electron chi connectivity index (χ0n) is 16.9. The van der Waals surface area contributed by atoms with Crippen LogP contribution in [0.5, 0.6) is 0 Å². The smallest absolute Gasteiger partial charge is 0.231 e. The lowest BCUT2D eigenvalue weighted by Crippen LogP contribution is -2.30. The van der Waals surface area contributed by atoms with Crippen molar-refractivity contribution < 1.29 is 4.79 Å². The normalized spacial score (nSPS) is 10.9. The summed E-state index contributed by atoms with van der Waals surface area (Å²) in [4.78, 5) is 12.8. The summed E-state index contributed by atoms with van der Waals surface area (Å²) in [6, 6.07) is 25.4. The monoisotopic (exact) mass is 448 g/mol. The molecule has 0 unspecified atom stereocenters. The van der Waals surface area contributed by atoms with Crippen molar-refractivity contribution >= 4 is 29.3 Å². The van der Waals surface area contributed by atoms with Gasteiger partial charge in [-0.05, 0) is 35.7 Å². The van der Waals surface area contributed by atoms with E-state index in [9.17, 15) is 4.79 Å². The number of hydrogen-bond acceptors (Lipinski definition) is 4. The number of rotatable bonds is 7. The molecule has 0 bridgehead atoms. The first-order chi connectivity index (χ1) is 15.1. The Balaban J connectivity index is 1.48. The maximum absolute atomic E-state index is 12.8. The molecule has 0 aliphatic rings. The summed E-state index contributed by atoms with van der Waals surface area (Å²) in [6.07, 6.45) is 1.62. The molecule has 3 aromatic carbocycles. The van der Waals surface area contributed by atoms with Crippen LogP contribution in [0.4, 0.5) is 0 Å². The minimum atomic E-state index is -0.218. The van der Waals surface area contributed by atoms with E-state index >= 15 is 0 Å². The molecule has 0 spiro atoms. The largest absolute Gasteiger partial charge is 0.344 e. The van der Waals surface area contributed by atoms with Crippen LogP contribution in [0.15, 0.2) is 90.3 Å². The maximum Gasteiger partial charge on any atom is 0.231 e. The van der Waals surface area contributed by atoms with Crippen LogP contribution in [-0.4, -0.2) is 26.4 Å². The van der Waals surface area contributed by atoms with Gasteiger partial charge >= 0.3 is 0 Å². The Hall–Kier alpha value is -3.09. The third kappa shape index (κ3) is 5.16. The van der Waals surface area contributed by atoms with Gasteiger partial charge in [-0.25, -0.2) is 0 Å². The van der Waals surface area contributed by atoms with Crippen molar-refractivity contribution in [3.05, 3.63) is 107 Å². The first-order valence-corrected chi connectivity index (χ1v) is 11.2. The van der Waals surface area contributed by atoms with Gasteiger partial charge in [-0.15, -0.1) is 10.2 Å². The predicted octanol–water partition coefficient (Wildman–Crippen LogP) is 5.23. The fraction of sp³-hybridized carbons (Fsp3) is 0.125. The van der Waals surface area contributed by atoms with Gasteiger partial charge in [0.05, 0.1) is 17.5 Å². The maximum atomic E-state index is 12.8. The molecule has 5 nitrogen and oxygen atoms in total. The Morgan fingerprint density at radius 1 is 1.03 bits per heavy atom. The van der Waals surface area contributed by atoms with E-state index in [0.717, 1.165) is 22.4 Å². The molecule has 0 radical (unpaired) electrons. The van der Waals surface area contributed by atoms with Gasteiger partial charge in [0.2, 0.25) is 5.91 Å². The van der Waals surface area contributed by atoms with E-state index < -0.39 is 0 Å². The summed E-state index contributed by atoms with van der Waals surface area (Å²) in [5, 5.41) is 12.6. The number of benzene rings is 3. The van der Waals surface area contributed by atoms with Crippen LogP contribution in [0.3, 0.4) is 0 Å². The van der Waals surface area contributed by atoms with Crippen molar-refractivity contribution in [3.63, 3.8) is 0 Å². The number of carbonyl (C=O) groups excluding carboxylic acids is 1. The molecule has 0 fully saturated rings. The summed E-state index contributed by atoms with van der Waals surface area (Å²) in [5.41, 5.74) is 3.92. The molecule has 0 aliphatic carbocycles. The number of hydrogen-bond donors (Lipinski definition) is 1. The van der Waals surface area contributed by atoms with E-state index in [1.807, 2.05) is 90.4 Å². The number of aromatic nitrogens is 3. The van der Waals surface area contributed by atoms with E-state index in [-0.39, 0.29) is 17.7 Å². The van der Waals surface area contributed by atoms with E-state index in [1.165, 1.54) is 11.8 Å². The lowest BCUT2D eigenvalue weighted by Gasteiger charge is -2.20. The van der Waals surface area contributed by atoms with E-state index in [0.29, 0.717) is 10.2 Å². The molecule has 1 aromatic heterocycles. The fourth-order valence-electron chi connectivity index (χ4n) is 3.21. The van der Waals surface area contributed by atoms with Crippen molar-refractivity contribution in [2.75, 3.05) is 5.75 Å². The first-order valence-electron chi connectivity index (χ1n) is 9.80. The third-order valence-corrected chi connectivity index (χ3v) is 6.20. The van der Waals surface area contributed by atoms with Crippen LogP contribution in [0.2, 0.25) is 5.02 Å². The third-order valence-electron chi connectivity index (χ3n) is 4.85. The van der Waals surface area contributed by atoms with E-state index in [2.05, 4.69) is 15.5 Å². The van der Waals surface area contributed by atoms with Gasteiger partial charge in [0.1, 0.15) is 6.33 Å². The summed E-state index contributed by atoms with van der Waals surface area (Å²) in [5.74, 6) is 0.133. The Labute approximate surface area is 190 Å². The lowest BCUT2D eigenvalue weighted by molar-refractivity contribution is -0.119. The molecule has 1 amide bonds. The van der Waals surface area contributed by atoms with Gasteiger partial charge < -0.3 is 5.32 Å². The predicted molar refractivity (Wildman–Crippen MR) is 125 cm³/mol. The molecule has 4 rings (SSSR count). The summed E-state index contributed by atoms with van der Waals surface area (Å²) in [6.45, 7) is 1.95. The Bertz CT molecular complexity index is 1130. The average Bonchev–Trinajstić information content (AvgIpc) is 3.28. The van der Waals surface area contributed by atoms with E-state index in [1.54, 1.807) is 6.33 Å². The second-order valence-electron chi connectivity index (χ2n) is 7.03. The molecular formula is C24H21ClN4OS. The highest BCUT2D eigenvalue weighted by molar-refractivity contribution is 7.99. The molecule has 156 valence electrons. The number of carbonyl (C=O) groups is 1. The Kier molecular flexibility index (Phi) is 6.70. The van der Waals surface area contributed by atoms with Crippen LogP contribution in [0, 0.1) is 6.92 Å². The summed E-state index contributed by atoms with van der Waals surface area (Å²) >= 11 is 7.59. The van der Waals surface area contributed by atoms with Gasteiger partial charge in [0.15, 0.2) is 5.16 Å². The highest BCUT2D eigenvalue weighted by Crippen LogP contribution is 2.25. The summed E-state index contributed by atoms with van der Waals surface area (Å²) < 4.78 is 1.83. The summed E-state index contributed by atoms with van der Waals surface area (Å²) in [7, 11) is 0. The molecule has 1 heterocycles. The molecular weight excluding hydrogens is 428 g/mol. The standard InChI is InChI=1S/C24H21ClN4OS/c1-17-12-13-20(14-21(17)25)29-16-26-28-24(29)31-15-22(30)27-23(18-8-4-2-5-9-18)19-10-6-3-7-11-19/h2-14,16,23H,15H2,1H3,(H,27,30). The zero-order chi connectivity index (χ0) is 21.6. The van der Waals surface area contributed by atoms with Crippen LogP contribution in [-0.2, 0) is 4.79 Å². The average molecular weight is 449 g/mol. The number of aryl methyl sites for hydroxylation is 1. The molecule has 0 atom stereocenters. The number of amides is 1. The highest BCUT2D eigenvalue weighted by atomic mass is 35.5. The van der Waals surface area contributed by atoms with Crippen molar-refractivity contribution in [1.82, 2.24) is 20.1 Å². The van der Waals surface area contributed by atoms with Crippen LogP contribution in [0.25, 0.3) is 5.69 Å². The molecule has 4 aromatic rings. The SMILES string of the molecule is Cc1ccc(-n2cnnc2SCC(=O)NC(c2ccccc2)c2ccccc2)cc1Cl. The Morgan fingerprint density at radius 3 is 2.29 bits per heavy atom. The number of nitrogens with one attached hydrogen (secondary N) is 1. The van der Waals surface area contributed by atoms with Crippen LogP contribution in [0.1, 0.15) is 22.7 Å². The molecule has 7 heteroatoms. The quantitative estimate of drug-likeness (QED) is 0.393.